The molecule has 4 rings (SSSR count). The first-order valence-electron chi connectivity index (χ1n) is 9.30. The van der Waals surface area contributed by atoms with Crippen molar-refractivity contribution in [1.29, 1.82) is 0 Å². The second-order valence-electron chi connectivity index (χ2n) is 6.83. The molecule has 4 aromatic carbocycles. The van der Waals surface area contributed by atoms with Gasteiger partial charge in [0.2, 0.25) is 5.75 Å². The second-order valence-corrected chi connectivity index (χ2v) is 6.83. The summed E-state index contributed by atoms with van der Waals surface area (Å²) < 4.78 is 12.1. The van der Waals surface area contributed by atoms with Crippen LogP contribution >= 0.6 is 0 Å². The first-order chi connectivity index (χ1) is 13.7. The van der Waals surface area contributed by atoms with Crippen LogP contribution < -0.4 is 9.47 Å². The van der Waals surface area contributed by atoms with Gasteiger partial charge in [-0.05, 0) is 29.5 Å². The fourth-order valence-electron chi connectivity index (χ4n) is 3.17. The van der Waals surface area contributed by atoms with Crippen LogP contribution in [0.5, 0.6) is 17.2 Å². The highest BCUT2D eigenvalue weighted by Gasteiger charge is 2.16. The SMILES string of the molecule is Cc1ccc2c(O)c(OCc3ccccc3)c(OCc3ccccc3)cc2c1. The van der Waals surface area contributed by atoms with E-state index in [1.165, 1.54) is 0 Å². The van der Waals surface area contributed by atoms with E-state index in [0.717, 1.165) is 27.5 Å². The summed E-state index contributed by atoms with van der Waals surface area (Å²) in [6.45, 7) is 2.79. The molecule has 1 N–H and O–H groups in total. The molecule has 3 heteroatoms. The fourth-order valence-corrected chi connectivity index (χ4v) is 3.17. The molecule has 0 aliphatic carbocycles. The minimum absolute atomic E-state index is 0.108. The molecule has 3 nitrogen and oxygen atoms in total. The zero-order valence-electron chi connectivity index (χ0n) is 15.8. The summed E-state index contributed by atoms with van der Waals surface area (Å²) in [7, 11) is 0. The Labute approximate surface area is 164 Å². The Morgan fingerprint density at radius 3 is 1.96 bits per heavy atom. The molecule has 0 fully saturated rings. The van der Waals surface area contributed by atoms with E-state index >= 15 is 0 Å². The van der Waals surface area contributed by atoms with Crippen molar-refractivity contribution < 1.29 is 14.6 Å². The van der Waals surface area contributed by atoms with Gasteiger partial charge in [0.05, 0.1) is 0 Å². The number of aryl methyl sites for hydroxylation is 1. The molecular weight excluding hydrogens is 348 g/mol. The van der Waals surface area contributed by atoms with Crippen LogP contribution in [0.25, 0.3) is 10.8 Å². The molecule has 0 spiro atoms. The fraction of sp³-hybridized carbons (Fsp3) is 0.120. The zero-order chi connectivity index (χ0) is 19.3. The molecule has 0 heterocycles. The van der Waals surface area contributed by atoms with Gasteiger partial charge < -0.3 is 14.6 Å². The number of aromatic hydroxyl groups is 1. The van der Waals surface area contributed by atoms with Crippen molar-refractivity contribution in [2.24, 2.45) is 0 Å². The molecule has 4 aromatic rings. The normalized spacial score (nSPS) is 10.8. The maximum absolute atomic E-state index is 10.9. The highest BCUT2D eigenvalue weighted by molar-refractivity contribution is 5.93. The van der Waals surface area contributed by atoms with Crippen LogP contribution in [0.4, 0.5) is 0 Å². The third kappa shape index (κ3) is 3.94. The summed E-state index contributed by atoms with van der Waals surface area (Å²) in [5.74, 6) is 1.02. The average Bonchev–Trinajstić information content (AvgIpc) is 2.73. The van der Waals surface area contributed by atoms with Crippen molar-refractivity contribution >= 4 is 10.8 Å². The van der Waals surface area contributed by atoms with Gasteiger partial charge in [-0.3, -0.25) is 0 Å². The molecule has 140 valence electrons. The van der Waals surface area contributed by atoms with Crippen molar-refractivity contribution in [2.75, 3.05) is 0 Å². The quantitative estimate of drug-likeness (QED) is 0.451. The topological polar surface area (TPSA) is 38.7 Å². The first-order valence-corrected chi connectivity index (χ1v) is 9.30. The third-order valence-corrected chi connectivity index (χ3v) is 4.65. The summed E-state index contributed by atoms with van der Waals surface area (Å²) >= 11 is 0. The summed E-state index contributed by atoms with van der Waals surface area (Å²) in [5.41, 5.74) is 3.21. The van der Waals surface area contributed by atoms with E-state index in [2.05, 4.69) is 0 Å². The van der Waals surface area contributed by atoms with E-state index in [1.54, 1.807) is 0 Å². The van der Waals surface area contributed by atoms with Gasteiger partial charge in [-0.2, -0.15) is 0 Å². The van der Waals surface area contributed by atoms with Crippen molar-refractivity contribution in [3.8, 4) is 17.2 Å². The van der Waals surface area contributed by atoms with Crippen LogP contribution in [0, 0.1) is 6.92 Å². The number of fused-ring (bicyclic) bond motifs is 1. The monoisotopic (exact) mass is 370 g/mol. The second kappa shape index (κ2) is 8.05. The lowest BCUT2D eigenvalue weighted by Gasteiger charge is -2.16. The van der Waals surface area contributed by atoms with Crippen LogP contribution in [-0.4, -0.2) is 5.11 Å². The van der Waals surface area contributed by atoms with Gasteiger partial charge in [-0.25, -0.2) is 0 Å². The molecule has 0 atom stereocenters. The van der Waals surface area contributed by atoms with E-state index in [0.29, 0.717) is 24.7 Å². The van der Waals surface area contributed by atoms with Crippen molar-refractivity contribution in [1.82, 2.24) is 0 Å². The largest absolute Gasteiger partial charge is 0.504 e. The first kappa shape index (κ1) is 17.9. The molecule has 28 heavy (non-hydrogen) atoms. The molecular formula is C25H22O3. The maximum atomic E-state index is 10.9. The summed E-state index contributed by atoms with van der Waals surface area (Å²) in [5, 5.41) is 12.6. The van der Waals surface area contributed by atoms with E-state index in [1.807, 2.05) is 91.9 Å². The van der Waals surface area contributed by atoms with E-state index in [-0.39, 0.29) is 5.75 Å². The average molecular weight is 370 g/mol. The van der Waals surface area contributed by atoms with E-state index in [9.17, 15) is 5.11 Å². The Balaban J connectivity index is 1.69. The number of hydrogen-bond acceptors (Lipinski definition) is 3. The molecule has 0 bridgehead atoms. The van der Waals surface area contributed by atoms with Crippen molar-refractivity contribution in [3.05, 3.63) is 102 Å². The van der Waals surface area contributed by atoms with Gasteiger partial charge in [-0.1, -0.05) is 84.4 Å². The number of ether oxygens (including phenoxy) is 2. The molecule has 0 radical (unpaired) electrons. The molecule has 0 aromatic heterocycles. The molecule has 0 saturated carbocycles. The summed E-state index contributed by atoms with van der Waals surface area (Å²) in [4.78, 5) is 0. The third-order valence-electron chi connectivity index (χ3n) is 4.65. The van der Waals surface area contributed by atoms with E-state index in [4.69, 9.17) is 9.47 Å². The van der Waals surface area contributed by atoms with Crippen LogP contribution in [0.1, 0.15) is 16.7 Å². The number of hydrogen-bond donors (Lipinski definition) is 1. The molecule has 0 aliphatic rings. The lowest BCUT2D eigenvalue weighted by molar-refractivity contribution is 0.247. The van der Waals surface area contributed by atoms with Gasteiger partial charge in [0.15, 0.2) is 11.5 Å². The highest BCUT2D eigenvalue weighted by Crippen LogP contribution is 2.43. The Kier molecular flexibility index (Phi) is 5.16. The lowest BCUT2D eigenvalue weighted by Crippen LogP contribution is -2.01. The van der Waals surface area contributed by atoms with Crippen molar-refractivity contribution in [3.63, 3.8) is 0 Å². The Morgan fingerprint density at radius 1 is 0.714 bits per heavy atom. The minimum Gasteiger partial charge on any atom is -0.504 e. The van der Waals surface area contributed by atoms with Crippen LogP contribution in [0.2, 0.25) is 0 Å². The number of phenolic OH excluding ortho intramolecular Hbond substituents is 1. The standard InChI is InChI=1S/C25H22O3/c1-18-12-13-22-21(14-18)15-23(27-16-19-8-4-2-5-9-19)25(24(22)26)28-17-20-10-6-3-7-11-20/h2-15,26H,16-17H2,1H3. The molecule has 0 unspecified atom stereocenters. The van der Waals surface area contributed by atoms with Crippen LogP contribution in [0.15, 0.2) is 84.9 Å². The Bertz CT molecular complexity index is 1070. The summed E-state index contributed by atoms with van der Waals surface area (Å²) in [6, 6.07) is 27.7. The smallest absolute Gasteiger partial charge is 0.204 e. The summed E-state index contributed by atoms with van der Waals surface area (Å²) in [6.07, 6.45) is 0. The Morgan fingerprint density at radius 2 is 1.32 bits per heavy atom. The number of benzene rings is 4. The molecule has 0 amide bonds. The van der Waals surface area contributed by atoms with Gasteiger partial charge >= 0.3 is 0 Å². The predicted octanol–water partition coefficient (Wildman–Crippen LogP) is 6.01. The number of rotatable bonds is 6. The molecule has 0 aliphatic heterocycles. The van der Waals surface area contributed by atoms with Crippen LogP contribution in [-0.2, 0) is 13.2 Å². The molecule has 0 saturated heterocycles. The zero-order valence-corrected chi connectivity index (χ0v) is 15.8. The Hall–Kier alpha value is -3.46. The highest BCUT2D eigenvalue weighted by atomic mass is 16.5. The van der Waals surface area contributed by atoms with Crippen LogP contribution in [0.3, 0.4) is 0 Å². The van der Waals surface area contributed by atoms with Gasteiger partial charge in [0.1, 0.15) is 13.2 Å². The maximum Gasteiger partial charge on any atom is 0.204 e. The number of phenols is 1. The van der Waals surface area contributed by atoms with Crippen molar-refractivity contribution in [2.45, 2.75) is 20.1 Å². The van der Waals surface area contributed by atoms with Gasteiger partial charge in [0, 0.05) is 5.39 Å². The van der Waals surface area contributed by atoms with Gasteiger partial charge in [-0.15, -0.1) is 0 Å². The predicted molar refractivity (Wildman–Crippen MR) is 112 cm³/mol. The minimum atomic E-state index is 0.108. The van der Waals surface area contributed by atoms with E-state index < -0.39 is 0 Å². The lowest BCUT2D eigenvalue weighted by atomic mass is 10.1. The van der Waals surface area contributed by atoms with Gasteiger partial charge in [0.25, 0.3) is 0 Å².